The Morgan fingerprint density at radius 1 is 1.15 bits per heavy atom. The van der Waals surface area contributed by atoms with Gasteiger partial charge in [0.1, 0.15) is 11.6 Å². The number of carbonyl (C=O) groups is 1. The number of nitrogens with zero attached hydrogens (tertiary/aromatic N) is 6. The van der Waals surface area contributed by atoms with Crippen molar-refractivity contribution in [3.8, 4) is 17.6 Å². The van der Waals surface area contributed by atoms with Gasteiger partial charge in [-0.05, 0) is 36.3 Å². The van der Waals surface area contributed by atoms with Crippen LogP contribution in [0.4, 0.5) is 8.78 Å². The van der Waals surface area contributed by atoms with E-state index in [1.165, 1.54) is 10.9 Å². The lowest BCUT2D eigenvalue weighted by molar-refractivity contribution is -0.0507. The Morgan fingerprint density at radius 3 is 2.76 bits per heavy atom. The summed E-state index contributed by atoms with van der Waals surface area (Å²) in [6, 6.07) is 9.69. The normalized spacial score (nSPS) is 18.5. The second-order valence-electron chi connectivity index (χ2n) is 8.29. The minimum absolute atomic E-state index is 0.00759. The van der Waals surface area contributed by atoms with Crippen molar-refractivity contribution in [3.05, 3.63) is 70.8 Å². The largest absolute Gasteiger partial charge is 0.434 e. The molecule has 34 heavy (non-hydrogen) atoms. The maximum atomic E-state index is 13.2. The first-order valence-corrected chi connectivity index (χ1v) is 10.7. The summed E-state index contributed by atoms with van der Waals surface area (Å²) in [4.78, 5) is 21.0. The van der Waals surface area contributed by atoms with Crippen molar-refractivity contribution in [2.75, 3.05) is 7.05 Å². The highest BCUT2D eigenvalue weighted by Gasteiger charge is 2.44. The Kier molecular flexibility index (Phi) is 4.42. The van der Waals surface area contributed by atoms with E-state index in [0.717, 1.165) is 16.6 Å². The van der Waals surface area contributed by atoms with E-state index in [0.29, 0.717) is 29.1 Å². The van der Waals surface area contributed by atoms with E-state index >= 15 is 0 Å². The highest BCUT2D eigenvalue weighted by atomic mass is 19.3. The molecule has 2 aliphatic rings. The number of carbonyl (C=O) groups excluding carboxylic acids is 1. The van der Waals surface area contributed by atoms with E-state index in [4.69, 9.17) is 9.72 Å². The average Bonchev–Trinajstić information content (AvgIpc) is 3.48. The number of imidazole rings is 1. The van der Waals surface area contributed by atoms with Gasteiger partial charge >= 0.3 is 6.61 Å². The molecule has 170 valence electrons. The number of alkyl halides is 2. The third kappa shape index (κ3) is 3.04. The summed E-state index contributed by atoms with van der Waals surface area (Å²) in [6.45, 7) is -3.00. The van der Waals surface area contributed by atoms with Gasteiger partial charge in [-0.3, -0.25) is 4.79 Å². The van der Waals surface area contributed by atoms with Crippen LogP contribution >= 0.6 is 0 Å². The predicted octanol–water partition coefficient (Wildman–Crippen LogP) is 3.29. The van der Waals surface area contributed by atoms with Crippen LogP contribution in [0.5, 0.6) is 5.75 Å². The van der Waals surface area contributed by atoms with Crippen LogP contribution in [-0.4, -0.2) is 49.0 Å². The number of benzene rings is 2. The van der Waals surface area contributed by atoms with Gasteiger partial charge in [-0.1, -0.05) is 12.0 Å². The van der Waals surface area contributed by atoms with Crippen LogP contribution < -0.4 is 4.74 Å². The number of rotatable bonds is 2. The Balaban J connectivity index is 1.53. The van der Waals surface area contributed by atoms with Gasteiger partial charge in [0, 0.05) is 37.2 Å². The van der Waals surface area contributed by atoms with Gasteiger partial charge in [-0.2, -0.15) is 18.7 Å². The lowest BCUT2D eigenvalue weighted by atomic mass is 9.97. The molecule has 0 aliphatic carbocycles. The SMILES string of the molecule is CN1C(=O)c2cccc(OC(F)F)c2[C@H]2CC1c1nc3ccc(C#Cc4cnn(C)n4)cc3n12. The lowest BCUT2D eigenvalue weighted by Crippen LogP contribution is -2.30. The third-order valence-corrected chi connectivity index (χ3v) is 6.34. The minimum Gasteiger partial charge on any atom is -0.434 e. The zero-order valence-electron chi connectivity index (χ0n) is 18.2. The lowest BCUT2D eigenvalue weighted by Gasteiger charge is -2.24. The molecule has 0 fully saturated rings. The summed E-state index contributed by atoms with van der Waals surface area (Å²) in [5, 5.41) is 8.18. The van der Waals surface area contributed by atoms with Crippen molar-refractivity contribution < 1.29 is 18.3 Å². The van der Waals surface area contributed by atoms with E-state index < -0.39 is 6.61 Å². The van der Waals surface area contributed by atoms with Gasteiger partial charge in [-0.25, -0.2) is 4.98 Å². The zero-order chi connectivity index (χ0) is 23.6. The van der Waals surface area contributed by atoms with Crippen LogP contribution in [0.3, 0.4) is 0 Å². The fourth-order valence-electron chi connectivity index (χ4n) is 4.90. The summed E-state index contributed by atoms with van der Waals surface area (Å²) < 4.78 is 33.3. The van der Waals surface area contributed by atoms with Gasteiger partial charge in [0.05, 0.1) is 29.3 Å². The number of hydrogen-bond acceptors (Lipinski definition) is 5. The second kappa shape index (κ2) is 7.38. The van der Waals surface area contributed by atoms with Crippen molar-refractivity contribution in [1.82, 2.24) is 29.4 Å². The van der Waals surface area contributed by atoms with Crippen LogP contribution in [-0.2, 0) is 7.05 Å². The van der Waals surface area contributed by atoms with Crippen molar-refractivity contribution in [1.29, 1.82) is 0 Å². The van der Waals surface area contributed by atoms with E-state index in [-0.39, 0.29) is 23.7 Å². The smallest absolute Gasteiger partial charge is 0.387 e. The van der Waals surface area contributed by atoms with Crippen molar-refractivity contribution >= 4 is 16.9 Å². The number of aryl methyl sites for hydroxylation is 1. The number of hydrogen-bond donors (Lipinski definition) is 0. The summed E-state index contributed by atoms with van der Waals surface area (Å²) >= 11 is 0. The topological polar surface area (TPSA) is 78.1 Å². The molecule has 2 bridgehead atoms. The fraction of sp³-hybridized carbons (Fsp3) is 0.250. The van der Waals surface area contributed by atoms with Gasteiger partial charge in [0.2, 0.25) is 0 Å². The molecule has 2 aromatic carbocycles. The zero-order valence-corrected chi connectivity index (χ0v) is 18.2. The van der Waals surface area contributed by atoms with Crippen LogP contribution in [0.1, 0.15) is 51.5 Å². The standard InChI is InChI=1S/C24H18F2N6O2/c1-30-19-11-18(21-15(23(30)33)4-3-5-20(21)34-24(25)26)32-17-10-13(7-9-16(17)28-22(19)32)6-8-14-12-27-31(2)29-14/h3-5,7,9-10,12,18-19,24H,11H2,1-2H3/t18-,19?/m1/s1. The van der Waals surface area contributed by atoms with Crippen LogP contribution in [0.15, 0.2) is 42.6 Å². The first-order chi connectivity index (χ1) is 16.4. The molecule has 0 radical (unpaired) electrons. The van der Waals surface area contributed by atoms with Crippen LogP contribution in [0.2, 0.25) is 0 Å². The van der Waals surface area contributed by atoms with Crippen LogP contribution in [0.25, 0.3) is 11.0 Å². The highest BCUT2D eigenvalue weighted by Crippen LogP contribution is 2.49. The van der Waals surface area contributed by atoms with E-state index in [9.17, 15) is 13.6 Å². The molecule has 0 spiro atoms. The number of ether oxygens (including phenoxy) is 1. The fourth-order valence-corrected chi connectivity index (χ4v) is 4.90. The number of halogens is 2. The van der Waals surface area contributed by atoms with Gasteiger partial charge in [-0.15, -0.1) is 5.10 Å². The van der Waals surface area contributed by atoms with Crippen molar-refractivity contribution in [2.45, 2.75) is 25.1 Å². The number of amides is 1. The average molecular weight is 460 g/mol. The molecule has 0 saturated carbocycles. The first kappa shape index (κ1) is 20.4. The molecule has 1 amide bonds. The first-order valence-electron chi connectivity index (χ1n) is 10.7. The van der Waals surface area contributed by atoms with Crippen LogP contribution in [0, 0.1) is 11.8 Å². The molecule has 0 saturated heterocycles. The molecule has 2 aliphatic heterocycles. The minimum atomic E-state index is -3.00. The van der Waals surface area contributed by atoms with Crippen molar-refractivity contribution in [2.24, 2.45) is 7.05 Å². The van der Waals surface area contributed by atoms with Gasteiger partial charge < -0.3 is 14.2 Å². The van der Waals surface area contributed by atoms with E-state index in [1.807, 2.05) is 22.8 Å². The molecular formula is C24H18F2N6O2. The molecule has 4 heterocycles. The highest BCUT2D eigenvalue weighted by molar-refractivity contribution is 5.97. The maximum Gasteiger partial charge on any atom is 0.387 e. The molecular weight excluding hydrogens is 442 g/mol. The quantitative estimate of drug-likeness (QED) is 0.429. The number of aromatic nitrogens is 5. The Hall–Kier alpha value is -4.26. The summed E-state index contributed by atoms with van der Waals surface area (Å²) in [5.41, 5.74) is 3.67. The molecule has 2 atom stereocenters. The monoisotopic (exact) mass is 460 g/mol. The molecule has 0 N–H and O–H groups in total. The van der Waals surface area contributed by atoms with Crippen molar-refractivity contribution in [3.63, 3.8) is 0 Å². The maximum absolute atomic E-state index is 13.2. The second-order valence-corrected chi connectivity index (χ2v) is 8.29. The Morgan fingerprint density at radius 2 is 2.00 bits per heavy atom. The summed E-state index contributed by atoms with van der Waals surface area (Å²) in [6.07, 6.45) is 2.11. The molecule has 10 heteroatoms. The Bertz CT molecular complexity index is 1530. The summed E-state index contributed by atoms with van der Waals surface area (Å²) in [5.74, 6) is 6.57. The van der Waals surface area contributed by atoms with Gasteiger partial charge in [0.15, 0.2) is 5.69 Å². The van der Waals surface area contributed by atoms with Gasteiger partial charge in [0.25, 0.3) is 5.91 Å². The van der Waals surface area contributed by atoms with E-state index in [2.05, 4.69) is 22.0 Å². The Labute approximate surface area is 192 Å². The predicted molar refractivity (Wildman–Crippen MR) is 117 cm³/mol. The molecule has 8 nitrogen and oxygen atoms in total. The molecule has 2 aromatic heterocycles. The molecule has 4 aromatic rings. The number of fused-ring (bicyclic) bond motifs is 9. The van der Waals surface area contributed by atoms with E-state index in [1.54, 1.807) is 37.3 Å². The molecule has 6 rings (SSSR count). The third-order valence-electron chi connectivity index (χ3n) is 6.34. The summed E-state index contributed by atoms with van der Waals surface area (Å²) in [7, 11) is 3.44. The molecule has 1 unspecified atom stereocenters.